The minimum absolute atomic E-state index is 0.148. The Morgan fingerprint density at radius 3 is 1.21 bits per heavy atom. The second-order valence-electron chi connectivity index (χ2n) is 22.5. The number of unbranched alkanes of at least 4 members (excludes halogenated alkanes) is 36. The zero-order valence-corrected chi connectivity index (χ0v) is 49.5. The van der Waals surface area contributed by atoms with Crippen LogP contribution in [0.5, 0.6) is 0 Å². The average molecular weight is 1070 g/mol. The largest absolute Gasteiger partial charge is 0.394 e. The minimum atomic E-state index is -1.56. The molecule has 7 atom stereocenters. The Bertz CT molecular complexity index is 1380. The topological polar surface area (TPSA) is 149 Å². The van der Waals surface area contributed by atoms with Gasteiger partial charge in [0.1, 0.15) is 24.4 Å². The van der Waals surface area contributed by atoms with Gasteiger partial charge in [-0.1, -0.05) is 299 Å². The summed E-state index contributed by atoms with van der Waals surface area (Å²) in [5, 5.41) is 54.8. The monoisotopic (exact) mass is 1070 g/mol. The van der Waals surface area contributed by atoms with E-state index in [-0.39, 0.29) is 12.5 Å². The zero-order chi connectivity index (χ0) is 55.0. The summed E-state index contributed by atoms with van der Waals surface area (Å²) in [6.45, 7) is 3.74. The van der Waals surface area contributed by atoms with Crippen LogP contribution in [0.4, 0.5) is 0 Å². The van der Waals surface area contributed by atoms with E-state index >= 15 is 0 Å². The Hall–Kier alpha value is -2.11. The first-order chi connectivity index (χ1) is 37.3. The number of hydrogen-bond acceptors (Lipinski definition) is 8. The highest BCUT2D eigenvalue weighted by Crippen LogP contribution is 2.23. The molecule has 9 nitrogen and oxygen atoms in total. The van der Waals surface area contributed by atoms with E-state index < -0.39 is 49.5 Å². The van der Waals surface area contributed by atoms with E-state index in [0.717, 1.165) is 89.9 Å². The van der Waals surface area contributed by atoms with E-state index in [2.05, 4.69) is 79.9 Å². The summed E-state index contributed by atoms with van der Waals surface area (Å²) >= 11 is 0. The van der Waals surface area contributed by atoms with Gasteiger partial charge in [-0.25, -0.2) is 0 Å². The van der Waals surface area contributed by atoms with Gasteiger partial charge in [0.15, 0.2) is 6.29 Å². The molecule has 0 saturated carbocycles. The number of aliphatic hydroxyl groups is 5. The second-order valence-corrected chi connectivity index (χ2v) is 22.5. The van der Waals surface area contributed by atoms with Gasteiger partial charge in [0.05, 0.1) is 25.4 Å². The normalized spacial score (nSPS) is 19.2. The van der Waals surface area contributed by atoms with Gasteiger partial charge in [-0.05, 0) is 57.8 Å². The number of hydrogen-bond donors (Lipinski definition) is 6. The summed E-state index contributed by atoms with van der Waals surface area (Å²) in [6, 6.07) is -0.734. The molecule has 7 unspecified atom stereocenters. The maximum absolute atomic E-state index is 13.1. The maximum Gasteiger partial charge on any atom is 0.220 e. The lowest BCUT2D eigenvalue weighted by molar-refractivity contribution is -0.302. The first-order valence-corrected chi connectivity index (χ1v) is 32.5. The molecule has 0 spiro atoms. The molecule has 1 amide bonds. The first-order valence-electron chi connectivity index (χ1n) is 32.5. The summed E-state index contributed by atoms with van der Waals surface area (Å²) in [5.74, 6) is -0.161. The van der Waals surface area contributed by atoms with Crippen LogP contribution in [0.3, 0.4) is 0 Å². The summed E-state index contributed by atoms with van der Waals surface area (Å²) in [6.07, 6.45) is 69.9. The lowest BCUT2D eigenvalue weighted by atomic mass is 9.99. The van der Waals surface area contributed by atoms with Gasteiger partial charge in [-0.15, -0.1) is 0 Å². The SMILES string of the molecule is CC/C=C\C/C=C\C/C=C\C/C=C\C/C=C\CCCCCCCC(=O)NC(COC1OC(CO)C(O)C(O)C1O)C(O)CCCCCCCCCCCCCCCCCCCCCCCCCCCCCCCCCC. The third-order valence-corrected chi connectivity index (χ3v) is 15.4. The predicted octanol–water partition coefficient (Wildman–Crippen LogP) is 17.0. The standard InChI is InChI=1S/C67H123NO8/c1-3-5-7-9-11-13-15-17-19-21-23-25-26-27-28-29-30-31-32-33-34-35-37-38-40-42-44-46-48-50-52-54-56-61(70)60(59-75-67-66(74)65(73)64(72)62(58-69)76-67)68-63(71)57-55-53-51-49-47-45-43-41-39-36-24-22-20-18-16-14-12-10-8-6-4-2/h6,8,12,14,18,20,24,36,41,43,60-62,64-67,69-70,72-74H,3-5,7,9-11,13,15-17,19,21-23,25-35,37-40,42,44-59H2,1-2H3,(H,68,71)/b8-6-,14-12-,20-18-,36-24-,43-41-. The number of rotatable bonds is 56. The molecule has 0 aromatic rings. The fourth-order valence-electron chi connectivity index (χ4n) is 10.3. The summed E-state index contributed by atoms with van der Waals surface area (Å²) in [5.41, 5.74) is 0. The summed E-state index contributed by atoms with van der Waals surface area (Å²) < 4.78 is 11.3. The molecule has 6 N–H and O–H groups in total. The van der Waals surface area contributed by atoms with E-state index in [0.29, 0.717) is 12.8 Å². The maximum atomic E-state index is 13.1. The van der Waals surface area contributed by atoms with Crippen LogP contribution in [-0.4, -0.2) is 87.5 Å². The molecule has 0 aromatic carbocycles. The van der Waals surface area contributed by atoms with Crippen molar-refractivity contribution in [1.29, 1.82) is 0 Å². The lowest BCUT2D eigenvalue weighted by Gasteiger charge is -2.40. The van der Waals surface area contributed by atoms with Gasteiger partial charge < -0.3 is 40.3 Å². The van der Waals surface area contributed by atoms with Crippen LogP contribution in [0.1, 0.15) is 303 Å². The van der Waals surface area contributed by atoms with Crippen molar-refractivity contribution in [3.05, 3.63) is 60.8 Å². The van der Waals surface area contributed by atoms with Crippen LogP contribution in [0.25, 0.3) is 0 Å². The minimum Gasteiger partial charge on any atom is -0.394 e. The first kappa shape index (κ1) is 71.9. The van der Waals surface area contributed by atoms with Gasteiger partial charge in [0.2, 0.25) is 5.91 Å². The number of ether oxygens (including phenoxy) is 2. The van der Waals surface area contributed by atoms with Crippen molar-refractivity contribution in [3.8, 4) is 0 Å². The number of carbonyl (C=O) groups is 1. The van der Waals surface area contributed by atoms with Gasteiger partial charge in [-0.3, -0.25) is 4.79 Å². The Balaban J connectivity index is 2.14. The fraction of sp³-hybridized carbons (Fsp3) is 0.836. The van der Waals surface area contributed by atoms with E-state index in [4.69, 9.17) is 9.47 Å². The number of aliphatic hydroxyl groups excluding tert-OH is 5. The van der Waals surface area contributed by atoms with Gasteiger partial charge in [0, 0.05) is 6.42 Å². The van der Waals surface area contributed by atoms with Crippen LogP contribution < -0.4 is 5.32 Å². The van der Waals surface area contributed by atoms with Crippen LogP contribution in [0, 0.1) is 0 Å². The average Bonchev–Trinajstić information content (AvgIpc) is 3.42. The molecule has 0 aliphatic carbocycles. The highest BCUT2D eigenvalue weighted by atomic mass is 16.7. The molecule has 0 radical (unpaired) electrons. The third-order valence-electron chi connectivity index (χ3n) is 15.4. The van der Waals surface area contributed by atoms with Crippen molar-refractivity contribution >= 4 is 5.91 Å². The molecular weight excluding hydrogens is 947 g/mol. The molecule has 1 saturated heterocycles. The third kappa shape index (κ3) is 44.7. The predicted molar refractivity (Wildman–Crippen MR) is 322 cm³/mol. The molecule has 1 fully saturated rings. The number of allylic oxidation sites excluding steroid dienone is 10. The highest BCUT2D eigenvalue weighted by Gasteiger charge is 2.44. The molecule has 1 aliphatic heterocycles. The lowest BCUT2D eigenvalue weighted by Crippen LogP contribution is -2.60. The van der Waals surface area contributed by atoms with Gasteiger partial charge >= 0.3 is 0 Å². The van der Waals surface area contributed by atoms with Gasteiger partial charge in [0.25, 0.3) is 0 Å². The van der Waals surface area contributed by atoms with E-state index in [9.17, 15) is 30.3 Å². The second kappa shape index (κ2) is 56.2. The van der Waals surface area contributed by atoms with Crippen LogP contribution in [-0.2, 0) is 14.3 Å². The van der Waals surface area contributed by atoms with Crippen molar-refractivity contribution in [2.75, 3.05) is 13.2 Å². The summed E-state index contributed by atoms with van der Waals surface area (Å²) in [4.78, 5) is 13.1. The smallest absolute Gasteiger partial charge is 0.220 e. The molecule has 1 heterocycles. The van der Waals surface area contributed by atoms with Crippen molar-refractivity contribution in [2.45, 2.75) is 346 Å². The van der Waals surface area contributed by atoms with Crippen LogP contribution in [0.15, 0.2) is 60.8 Å². The van der Waals surface area contributed by atoms with Crippen molar-refractivity contribution in [1.82, 2.24) is 5.32 Å². The highest BCUT2D eigenvalue weighted by molar-refractivity contribution is 5.76. The quantitative estimate of drug-likeness (QED) is 0.0261. The fourth-order valence-corrected chi connectivity index (χ4v) is 10.3. The molecular formula is C67H123NO8. The number of amides is 1. The number of nitrogens with one attached hydrogen (secondary N) is 1. The Morgan fingerprint density at radius 2 is 0.816 bits per heavy atom. The van der Waals surface area contributed by atoms with Crippen molar-refractivity contribution in [3.63, 3.8) is 0 Å². The van der Waals surface area contributed by atoms with Crippen LogP contribution in [0.2, 0.25) is 0 Å². The molecule has 0 aromatic heterocycles. The number of carbonyl (C=O) groups excluding carboxylic acids is 1. The molecule has 444 valence electrons. The Labute approximate surface area is 468 Å². The molecule has 0 bridgehead atoms. The molecule has 9 heteroatoms. The Kier molecular flexibility index (Phi) is 53.1. The molecule has 1 rings (SSSR count). The Morgan fingerprint density at radius 1 is 0.461 bits per heavy atom. The molecule has 76 heavy (non-hydrogen) atoms. The zero-order valence-electron chi connectivity index (χ0n) is 49.5. The van der Waals surface area contributed by atoms with E-state index in [1.807, 2.05) is 0 Å². The molecule has 1 aliphatic rings. The van der Waals surface area contributed by atoms with E-state index in [1.165, 1.54) is 186 Å². The van der Waals surface area contributed by atoms with Crippen LogP contribution >= 0.6 is 0 Å². The van der Waals surface area contributed by atoms with Gasteiger partial charge in [-0.2, -0.15) is 0 Å². The van der Waals surface area contributed by atoms with E-state index in [1.54, 1.807) is 0 Å². The summed E-state index contributed by atoms with van der Waals surface area (Å²) in [7, 11) is 0. The van der Waals surface area contributed by atoms with Crippen molar-refractivity contribution < 1.29 is 39.8 Å². The van der Waals surface area contributed by atoms with Crippen molar-refractivity contribution in [2.24, 2.45) is 0 Å².